The van der Waals surface area contributed by atoms with Gasteiger partial charge >= 0.3 is 0 Å². The van der Waals surface area contributed by atoms with Crippen molar-refractivity contribution in [3.63, 3.8) is 0 Å². The van der Waals surface area contributed by atoms with Crippen molar-refractivity contribution < 1.29 is 14.3 Å². The molecule has 1 fully saturated rings. The molecule has 4 rings (SSSR count). The molecule has 0 saturated carbocycles. The smallest absolute Gasteiger partial charge is 0.237 e. The van der Waals surface area contributed by atoms with Crippen LogP contribution >= 0.6 is 0 Å². The van der Waals surface area contributed by atoms with Gasteiger partial charge in [-0.2, -0.15) is 0 Å². The zero-order valence-electron chi connectivity index (χ0n) is 14.7. The molecule has 0 unspecified atom stereocenters. The molecular weight excluding hydrogens is 338 g/mol. The van der Waals surface area contributed by atoms with Crippen LogP contribution in [0.2, 0.25) is 0 Å². The van der Waals surface area contributed by atoms with Crippen LogP contribution in [0, 0.1) is 5.92 Å². The molecule has 1 aliphatic heterocycles. The maximum absolute atomic E-state index is 12.8. The fourth-order valence-corrected chi connectivity index (χ4v) is 3.31. The van der Waals surface area contributed by atoms with Crippen LogP contribution in [0.5, 0.6) is 11.5 Å². The van der Waals surface area contributed by atoms with E-state index >= 15 is 0 Å². The van der Waals surface area contributed by atoms with Crippen LogP contribution in [0.4, 0.5) is 5.69 Å². The van der Waals surface area contributed by atoms with Gasteiger partial charge in [0.05, 0.1) is 11.6 Å². The minimum Gasteiger partial charge on any atom is -0.457 e. The lowest BCUT2D eigenvalue weighted by Gasteiger charge is -2.16. The number of rotatable bonds is 5. The Morgan fingerprint density at radius 1 is 0.778 bits per heavy atom. The average Bonchev–Trinajstić information content (AvgIpc) is 2.97. The summed E-state index contributed by atoms with van der Waals surface area (Å²) in [6.07, 6.45) is 0.826. The first-order valence-corrected chi connectivity index (χ1v) is 8.94. The minimum atomic E-state index is -0.305. The number of carbonyl (C=O) groups is 2. The molecule has 0 bridgehead atoms. The molecule has 0 aromatic heterocycles. The number of amides is 2. The molecule has 2 amide bonds. The zero-order valence-corrected chi connectivity index (χ0v) is 14.7. The molecule has 27 heavy (non-hydrogen) atoms. The summed E-state index contributed by atoms with van der Waals surface area (Å²) in [5, 5.41) is 0. The second kappa shape index (κ2) is 7.46. The van der Waals surface area contributed by atoms with Crippen molar-refractivity contribution >= 4 is 17.5 Å². The number of nitrogens with zero attached hydrogens (tertiary/aromatic N) is 1. The third-order valence-electron chi connectivity index (χ3n) is 4.64. The van der Waals surface area contributed by atoms with Crippen molar-refractivity contribution in [2.24, 2.45) is 5.92 Å². The molecule has 0 spiro atoms. The summed E-state index contributed by atoms with van der Waals surface area (Å²) in [5.41, 5.74) is 1.65. The fourth-order valence-electron chi connectivity index (χ4n) is 3.31. The number of imide groups is 1. The van der Waals surface area contributed by atoms with E-state index in [1.54, 1.807) is 24.3 Å². The highest BCUT2D eigenvalue weighted by Crippen LogP contribution is 2.30. The predicted octanol–water partition coefficient (Wildman–Crippen LogP) is 4.60. The number of para-hydroxylation sites is 1. The molecule has 134 valence electrons. The molecule has 0 N–H and O–H groups in total. The molecule has 1 heterocycles. The number of anilines is 1. The van der Waals surface area contributed by atoms with Gasteiger partial charge in [0.1, 0.15) is 11.5 Å². The van der Waals surface area contributed by atoms with Gasteiger partial charge in [-0.15, -0.1) is 0 Å². The quantitative estimate of drug-likeness (QED) is 0.627. The van der Waals surface area contributed by atoms with E-state index in [9.17, 15) is 9.59 Å². The summed E-state index contributed by atoms with van der Waals surface area (Å²) >= 11 is 0. The second-order valence-electron chi connectivity index (χ2n) is 6.57. The van der Waals surface area contributed by atoms with Gasteiger partial charge in [0.15, 0.2) is 0 Å². The van der Waals surface area contributed by atoms with Crippen LogP contribution in [-0.4, -0.2) is 11.8 Å². The highest BCUT2D eigenvalue weighted by Gasteiger charge is 2.39. The van der Waals surface area contributed by atoms with Crippen molar-refractivity contribution in [1.82, 2.24) is 0 Å². The van der Waals surface area contributed by atoms with Crippen LogP contribution in [0.1, 0.15) is 12.0 Å². The van der Waals surface area contributed by atoms with Gasteiger partial charge in [-0.25, -0.2) is 0 Å². The molecule has 0 aliphatic carbocycles. The number of benzene rings is 3. The minimum absolute atomic E-state index is 0.138. The highest BCUT2D eigenvalue weighted by atomic mass is 16.5. The van der Waals surface area contributed by atoms with Crippen molar-refractivity contribution in [3.05, 3.63) is 90.5 Å². The van der Waals surface area contributed by atoms with Crippen LogP contribution in [0.3, 0.4) is 0 Å². The molecule has 4 heteroatoms. The lowest BCUT2D eigenvalue weighted by Crippen LogP contribution is -2.30. The third kappa shape index (κ3) is 3.75. The standard InChI is InChI=1S/C23H19NO3/c25-22-16-18(15-17-7-3-1-4-8-17)23(26)24(22)19-11-13-21(14-12-19)27-20-9-5-2-6-10-20/h1-14,18H,15-16H2/t18-/m1/s1. The maximum Gasteiger partial charge on any atom is 0.237 e. The summed E-state index contributed by atoms with van der Waals surface area (Å²) in [7, 11) is 0. The van der Waals surface area contributed by atoms with Gasteiger partial charge in [0, 0.05) is 6.42 Å². The first-order valence-electron chi connectivity index (χ1n) is 8.94. The molecule has 1 saturated heterocycles. The van der Waals surface area contributed by atoms with E-state index in [2.05, 4.69) is 0 Å². The number of hydrogen-bond donors (Lipinski definition) is 0. The molecule has 3 aromatic carbocycles. The normalized spacial score (nSPS) is 16.6. The van der Waals surface area contributed by atoms with Crippen LogP contribution in [0.25, 0.3) is 0 Å². The number of hydrogen-bond acceptors (Lipinski definition) is 3. The topological polar surface area (TPSA) is 46.6 Å². The molecule has 1 aliphatic rings. The summed E-state index contributed by atoms with van der Waals surface area (Å²) in [5.74, 6) is 0.796. The molecule has 0 radical (unpaired) electrons. The van der Waals surface area contributed by atoms with E-state index in [4.69, 9.17) is 4.74 Å². The Hall–Kier alpha value is -3.40. The van der Waals surface area contributed by atoms with Crippen LogP contribution in [0.15, 0.2) is 84.9 Å². The van der Waals surface area contributed by atoms with Gasteiger partial charge in [0.2, 0.25) is 11.8 Å². The van der Waals surface area contributed by atoms with Crippen molar-refractivity contribution in [1.29, 1.82) is 0 Å². The number of carbonyl (C=O) groups excluding carboxylic acids is 2. The monoisotopic (exact) mass is 357 g/mol. The summed E-state index contributed by atoms with van der Waals surface area (Å²) < 4.78 is 5.76. The predicted molar refractivity (Wildman–Crippen MR) is 104 cm³/mol. The summed E-state index contributed by atoms with van der Waals surface area (Å²) in [4.78, 5) is 26.5. The molecule has 1 atom stereocenters. The highest BCUT2D eigenvalue weighted by molar-refractivity contribution is 6.21. The van der Waals surface area contributed by atoms with Crippen molar-refractivity contribution in [2.75, 3.05) is 4.90 Å². The van der Waals surface area contributed by atoms with Gasteiger partial charge in [-0.3, -0.25) is 14.5 Å². The van der Waals surface area contributed by atoms with E-state index in [-0.39, 0.29) is 24.2 Å². The second-order valence-corrected chi connectivity index (χ2v) is 6.57. The first-order chi connectivity index (χ1) is 13.2. The molecular formula is C23H19NO3. The van der Waals surface area contributed by atoms with E-state index < -0.39 is 0 Å². The van der Waals surface area contributed by atoms with Crippen molar-refractivity contribution in [2.45, 2.75) is 12.8 Å². The summed E-state index contributed by atoms with van der Waals surface area (Å²) in [6, 6.07) is 26.3. The van der Waals surface area contributed by atoms with E-state index in [0.717, 1.165) is 11.3 Å². The largest absolute Gasteiger partial charge is 0.457 e. The fraction of sp³-hybridized carbons (Fsp3) is 0.130. The Morgan fingerprint density at radius 3 is 2.04 bits per heavy atom. The molecule has 4 nitrogen and oxygen atoms in total. The maximum atomic E-state index is 12.8. The lowest BCUT2D eigenvalue weighted by molar-refractivity contribution is -0.122. The zero-order chi connectivity index (χ0) is 18.6. The van der Waals surface area contributed by atoms with Crippen LogP contribution < -0.4 is 9.64 Å². The van der Waals surface area contributed by atoms with E-state index in [1.165, 1.54) is 4.90 Å². The Bertz CT molecular complexity index is 936. The Morgan fingerprint density at radius 2 is 1.37 bits per heavy atom. The van der Waals surface area contributed by atoms with Gasteiger partial charge in [-0.05, 0) is 48.4 Å². The van der Waals surface area contributed by atoms with Gasteiger partial charge in [0.25, 0.3) is 0 Å². The van der Waals surface area contributed by atoms with E-state index in [1.807, 2.05) is 60.7 Å². The van der Waals surface area contributed by atoms with Crippen molar-refractivity contribution in [3.8, 4) is 11.5 Å². The Balaban J connectivity index is 1.48. The SMILES string of the molecule is O=C1C[C@@H](Cc2ccccc2)C(=O)N1c1ccc(Oc2ccccc2)cc1. The van der Waals surface area contributed by atoms with Gasteiger partial charge in [-0.1, -0.05) is 48.5 Å². The first kappa shape index (κ1) is 17.0. The van der Waals surface area contributed by atoms with E-state index in [0.29, 0.717) is 17.9 Å². The summed E-state index contributed by atoms with van der Waals surface area (Å²) in [6.45, 7) is 0. The van der Waals surface area contributed by atoms with Gasteiger partial charge < -0.3 is 4.74 Å². The average molecular weight is 357 g/mol. The van der Waals surface area contributed by atoms with Crippen LogP contribution in [-0.2, 0) is 16.0 Å². The number of ether oxygens (including phenoxy) is 1. The lowest BCUT2D eigenvalue weighted by atomic mass is 9.98. The Kier molecular flexibility index (Phi) is 4.71. The third-order valence-corrected chi connectivity index (χ3v) is 4.64. The Labute approximate surface area is 158 Å². The molecule has 3 aromatic rings.